The maximum atomic E-state index is 11.7. The summed E-state index contributed by atoms with van der Waals surface area (Å²) < 4.78 is 1.83. The van der Waals surface area contributed by atoms with E-state index in [1.54, 1.807) is 19.0 Å². The maximum absolute atomic E-state index is 11.7. The number of rotatable bonds is 5. The average molecular weight is 272 g/mol. The second-order valence-electron chi connectivity index (χ2n) is 4.92. The predicted octanol–water partition coefficient (Wildman–Crippen LogP) is 1.44. The van der Waals surface area contributed by atoms with Crippen molar-refractivity contribution in [2.45, 2.75) is 19.5 Å². The maximum Gasteiger partial charge on any atom is 0.238 e. The molecule has 0 aliphatic carbocycles. The highest BCUT2D eigenvalue weighted by molar-refractivity contribution is 5.80. The highest BCUT2D eigenvalue weighted by atomic mass is 16.2. The van der Waals surface area contributed by atoms with Gasteiger partial charge in [0.15, 0.2) is 0 Å². The molecule has 0 fully saturated rings. The number of carbonyl (C=O) groups excluding carboxylic acids is 1. The van der Waals surface area contributed by atoms with E-state index in [2.05, 4.69) is 10.4 Å². The Balaban J connectivity index is 1.95. The molecule has 1 amide bonds. The van der Waals surface area contributed by atoms with Crippen molar-refractivity contribution < 1.29 is 4.79 Å². The number of carbonyl (C=O) groups is 1. The number of aromatic nitrogens is 2. The molecule has 20 heavy (non-hydrogen) atoms. The third kappa shape index (κ3) is 3.45. The van der Waals surface area contributed by atoms with Crippen molar-refractivity contribution in [2.75, 3.05) is 14.1 Å². The summed E-state index contributed by atoms with van der Waals surface area (Å²) in [5.41, 5.74) is 1.93. The molecule has 1 aromatic heterocycles. The molecule has 0 bridgehead atoms. The molecule has 0 aliphatic heterocycles. The molecule has 0 radical (unpaired) electrons. The van der Waals surface area contributed by atoms with E-state index in [1.165, 1.54) is 0 Å². The minimum atomic E-state index is -0.216. The zero-order chi connectivity index (χ0) is 14.5. The summed E-state index contributed by atoms with van der Waals surface area (Å²) in [6.45, 7) is 2.43. The van der Waals surface area contributed by atoms with Crippen LogP contribution in [0.2, 0.25) is 0 Å². The van der Waals surface area contributed by atoms with Gasteiger partial charge in [-0.1, -0.05) is 18.2 Å². The van der Waals surface area contributed by atoms with Gasteiger partial charge < -0.3 is 10.2 Å². The fourth-order valence-electron chi connectivity index (χ4n) is 1.91. The summed E-state index contributed by atoms with van der Waals surface area (Å²) in [6, 6.07) is 11.7. The smallest absolute Gasteiger partial charge is 0.238 e. The third-order valence-electron chi connectivity index (χ3n) is 3.07. The van der Waals surface area contributed by atoms with Crippen LogP contribution in [0.15, 0.2) is 42.6 Å². The molecule has 0 aliphatic rings. The van der Waals surface area contributed by atoms with E-state index in [0.29, 0.717) is 6.54 Å². The van der Waals surface area contributed by atoms with Gasteiger partial charge in [-0.15, -0.1) is 0 Å². The second-order valence-corrected chi connectivity index (χ2v) is 4.92. The Morgan fingerprint density at radius 2 is 2.00 bits per heavy atom. The number of para-hydroxylation sites is 1. The minimum Gasteiger partial charge on any atom is -0.347 e. The summed E-state index contributed by atoms with van der Waals surface area (Å²) in [4.78, 5) is 13.3. The summed E-state index contributed by atoms with van der Waals surface area (Å²) in [6.07, 6.45) is 1.92. The van der Waals surface area contributed by atoms with Gasteiger partial charge in [-0.3, -0.25) is 4.79 Å². The van der Waals surface area contributed by atoms with E-state index >= 15 is 0 Å². The minimum absolute atomic E-state index is 0.0625. The molecule has 2 rings (SSSR count). The van der Waals surface area contributed by atoms with Gasteiger partial charge in [0, 0.05) is 26.8 Å². The van der Waals surface area contributed by atoms with Crippen molar-refractivity contribution in [3.05, 3.63) is 48.3 Å². The third-order valence-corrected chi connectivity index (χ3v) is 3.07. The van der Waals surface area contributed by atoms with Crippen LogP contribution in [0.25, 0.3) is 5.69 Å². The van der Waals surface area contributed by atoms with E-state index in [0.717, 1.165) is 11.4 Å². The van der Waals surface area contributed by atoms with E-state index in [1.807, 2.05) is 54.2 Å². The highest BCUT2D eigenvalue weighted by Gasteiger charge is 2.14. The van der Waals surface area contributed by atoms with Crippen LogP contribution in [-0.2, 0) is 11.3 Å². The Morgan fingerprint density at radius 1 is 1.30 bits per heavy atom. The van der Waals surface area contributed by atoms with Gasteiger partial charge in [0.2, 0.25) is 5.91 Å². The van der Waals surface area contributed by atoms with Crippen molar-refractivity contribution in [3.63, 3.8) is 0 Å². The van der Waals surface area contributed by atoms with Crippen molar-refractivity contribution >= 4 is 5.91 Å². The van der Waals surface area contributed by atoms with E-state index in [-0.39, 0.29) is 11.9 Å². The van der Waals surface area contributed by atoms with Crippen molar-refractivity contribution in [1.29, 1.82) is 0 Å². The van der Waals surface area contributed by atoms with Crippen LogP contribution < -0.4 is 5.32 Å². The number of nitrogens with one attached hydrogen (secondary N) is 1. The van der Waals surface area contributed by atoms with Gasteiger partial charge in [-0.2, -0.15) is 5.10 Å². The quantitative estimate of drug-likeness (QED) is 0.896. The summed E-state index contributed by atoms with van der Waals surface area (Å²) in [7, 11) is 3.51. The molecule has 1 unspecified atom stereocenters. The van der Waals surface area contributed by atoms with Gasteiger partial charge in [0.05, 0.1) is 17.4 Å². The normalized spacial score (nSPS) is 12.2. The van der Waals surface area contributed by atoms with Crippen LogP contribution in [0.1, 0.15) is 12.6 Å². The first-order valence-corrected chi connectivity index (χ1v) is 6.62. The first-order chi connectivity index (χ1) is 9.58. The number of hydrogen-bond donors (Lipinski definition) is 1. The number of likely N-dealkylation sites (N-methyl/N-ethyl adjacent to an activating group) is 1. The summed E-state index contributed by atoms with van der Waals surface area (Å²) >= 11 is 0. The second kappa shape index (κ2) is 6.34. The number of amides is 1. The van der Waals surface area contributed by atoms with Crippen LogP contribution in [0, 0.1) is 0 Å². The Labute approximate surface area is 119 Å². The molecule has 1 atom stereocenters. The van der Waals surface area contributed by atoms with Gasteiger partial charge in [0.1, 0.15) is 0 Å². The molecular weight excluding hydrogens is 252 g/mol. The van der Waals surface area contributed by atoms with Crippen molar-refractivity contribution in [2.24, 2.45) is 0 Å². The summed E-state index contributed by atoms with van der Waals surface area (Å²) in [5, 5.41) is 7.66. The van der Waals surface area contributed by atoms with Crippen LogP contribution in [0.4, 0.5) is 0 Å². The molecule has 1 N–H and O–H groups in total. The number of nitrogens with zero attached hydrogens (tertiary/aromatic N) is 3. The first-order valence-electron chi connectivity index (χ1n) is 6.62. The lowest BCUT2D eigenvalue weighted by molar-refractivity contribution is -0.130. The Bertz CT molecular complexity index is 562. The number of benzene rings is 1. The molecule has 106 valence electrons. The summed E-state index contributed by atoms with van der Waals surface area (Å²) in [5.74, 6) is 0.0625. The molecule has 0 saturated carbocycles. The first kappa shape index (κ1) is 14.3. The Morgan fingerprint density at radius 3 is 2.65 bits per heavy atom. The predicted molar refractivity (Wildman–Crippen MR) is 78.6 cm³/mol. The Kier molecular flexibility index (Phi) is 4.53. The monoisotopic (exact) mass is 272 g/mol. The fourth-order valence-corrected chi connectivity index (χ4v) is 1.91. The molecule has 0 spiro atoms. The Hall–Kier alpha value is -2.14. The molecule has 2 aromatic rings. The van der Waals surface area contributed by atoms with Gasteiger partial charge >= 0.3 is 0 Å². The SMILES string of the molecule is CC(NCc1ccn(-c2ccccc2)n1)C(=O)N(C)C. The van der Waals surface area contributed by atoms with E-state index in [4.69, 9.17) is 0 Å². The lowest BCUT2D eigenvalue weighted by Crippen LogP contribution is -2.41. The van der Waals surface area contributed by atoms with Crippen molar-refractivity contribution in [1.82, 2.24) is 20.0 Å². The van der Waals surface area contributed by atoms with Crippen LogP contribution in [0.5, 0.6) is 0 Å². The van der Waals surface area contributed by atoms with Gasteiger partial charge in [0.25, 0.3) is 0 Å². The largest absolute Gasteiger partial charge is 0.347 e. The van der Waals surface area contributed by atoms with Crippen LogP contribution >= 0.6 is 0 Å². The highest BCUT2D eigenvalue weighted by Crippen LogP contribution is 2.06. The topological polar surface area (TPSA) is 50.2 Å². The molecule has 0 saturated heterocycles. The van der Waals surface area contributed by atoms with Gasteiger partial charge in [-0.25, -0.2) is 4.68 Å². The molecule has 1 aromatic carbocycles. The zero-order valence-corrected chi connectivity index (χ0v) is 12.1. The average Bonchev–Trinajstić information content (AvgIpc) is 2.93. The lowest BCUT2D eigenvalue weighted by Gasteiger charge is -2.17. The lowest BCUT2D eigenvalue weighted by atomic mass is 10.3. The molecule has 5 nitrogen and oxygen atoms in total. The standard InChI is InChI=1S/C15H20N4O/c1-12(15(20)18(2)3)16-11-13-9-10-19(17-13)14-7-5-4-6-8-14/h4-10,12,16H,11H2,1-3H3. The van der Waals surface area contributed by atoms with E-state index in [9.17, 15) is 4.79 Å². The molecule has 5 heteroatoms. The molecular formula is C15H20N4O. The van der Waals surface area contributed by atoms with Crippen molar-refractivity contribution in [3.8, 4) is 5.69 Å². The van der Waals surface area contributed by atoms with Gasteiger partial charge in [-0.05, 0) is 25.1 Å². The number of hydrogen-bond acceptors (Lipinski definition) is 3. The van der Waals surface area contributed by atoms with Crippen LogP contribution in [0.3, 0.4) is 0 Å². The fraction of sp³-hybridized carbons (Fsp3) is 0.333. The van der Waals surface area contributed by atoms with Crippen LogP contribution in [-0.4, -0.2) is 40.7 Å². The van der Waals surface area contributed by atoms with E-state index < -0.39 is 0 Å². The molecule has 1 heterocycles. The zero-order valence-electron chi connectivity index (χ0n) is 12.1.